The largest absolute Gasteiger partial charge is 0.492 e. The van der Waals surface area contributed by atoms with E-state index in [2.05, 4.69) is 18.2 Å². The average Bonchev–Trinajstić information content (AvgIpc) is 3.18. The Kier molecular flexibility index (Phi) is 7.44. The van der Waals surface area contributed by atoms with E-state index in [9.17, 15) is 8.42 Å². The number of likely N-dealkylation sites (N-methyl/N-ethyl adjacent to an activating group) is 1. The van der Waals surface area contributed by atoms with Gasteiger partial charge in [-0.3, -0.25) is 4.90 Å². The van der Waals surface area contributed by atoms with Crippen LogP contribution < -0.4 is 4.74 Å². The molecule has 1 saturated carbocycles. The van der Waals surface area contributed by atoms with Gasteiger partial charge in [-0.25, -0.2) is 8.42 Å². The normalized spacial score (nSPS) is 24.4. The predicted molar refractivity (Wildman–Crippen MR) is 109 cm³/mol. The van der Waals surface area contributed by atoms with Gasteiger partial charge in [0.15, 0.2) is 0 Å². The number of morpholine rings is 1. The average molecular weight is 415 g/mol. The lowest BCUT2D eigenvalue weighted by molar-refractivity contribution is 0.0730. The standard InChI is InChI=1S/C19H30N2O4S2/c1-20(16-3-6-18(15-16)26-2)9-14-25-17-4-7-19(8-5-17)27(22,23)21-10-12-24-13-11-21/h4-5,7-8,16,18H,3,6,9-15H2,1-2H3/t16-,18+/m1/s1. The van der Waals surface area contributed by atoms with Crippen LogP contribution in [0.3, 0.4) is 0 Å². The molecule has 1 aromatic rings. The summed E-state index contributed by atoms with van der Waals surface area (Å²) in [7, 11) is -1.28. The van der Waals surface area contributed by atoms with Gasteiger partial charge in [0.1, 0.15) is 12.4 Å². The van der Waals surface area contributed by atoms with E-state index < -0.39 is 10.0 Å². The van der Waals surface area contributed by atoms with Crippen molar-refractivity contribution in [3.05, 3.63) is 24.3 Å². The molecule has 27 heavy (non-hydrogen) atoms. The van der Waals surface area contributed by atoms with Gasteiger partial charge in [0, 0.05) is 30.9 Å². The molecule has 0 amide bonds. The smallest absolute Gasteiger partial charge is 0.243 e. The lowest BCUT2D eigenvalue weighted by Gasteiger charge is -2.26. The van der Waals surface area contributed by atoms with E-state index in [0.29, 0.717) is 49.6 Å². The van der Waals surface area contributed by atoms with Crippen LogP contribution >= 0.6 is 11.8 Å². The van der Waals surface area contributed by atoms with E-state index in [1.807, 2.05) is 11.8 Å². The van der Waals surface area contributed by atoms with Crippen LogP contribution in [0.1, 0.15) is 19.3 Å². The number of rotatable bonds is 8. The van der Waals surface area contributed by atoms with Crippen molar-refractivity contribution in [2.75, 3.05) is 52.8 Å². The summed E-state index contributed by atoms with van der Waals surface area (Å²) in [6, 6.07) is 7.39. The SMILES string of the molecule is CS[C@H]1CC[C@@H](N(C)CCOc2ccc(S(=O)(=O)N3CCOCC3)cc2)C1. The summed E-state index contributed by atoms with van der Waals surface area (Å²) in [6.45, 7) is 3.20. The van der Waals surface area contributed by atoms with Gasteiger partial charge in [0.05, 0.1) is 18.1 Å². The van der Waals surface area contributed by atoms with Crippen molar-refractivity contribution in [3.63, 3.8) is 0 Å². The van der Waals surface area contributed by atoms with Crippen LogP contribution in [-0.2, 0) is 14.8 Å². The van der Waals surface area contributed by atoms with E-state index in [4.69, 9.17) is 9.47 Å². The first-order chi connectivity index (χ1) is 13.0. The van der Waals surface area contributed by atoms with Crippen LogP contribution in [0.4, 0.5) is 0 Å². The van der Waals surface area contributed by atoms with Crippen LogP contribution in [0.15, 0.2) is 29.2 Å². The highest BCUT2D eigenvalue weighted by Gasteiger charge is 2.27. The number of ether oxygens (including phenoxy) is 2. The highest BCUT2D eigenvalue weighted by molar-refractivity contribution is 7.99. The zero-order valence-corrected chi connectivity index (χ0v) is 17.8. The Morgan fingerprint density at radius 1 is 1.22 bits per heavy atom. The molecule has 1 aliphatic heterocycles. The number of sulfonamides is 1. The molecule has 2 fully saturated rings. The van der Waals surface area contributed by atoms with Crippen molar-refractivity contribution in [1.29, 1.82) is 0 Å². The second-order valence-electron chi connectivity index (χ2n) is 7.14. The summed E-state index contributed by atoms with van der Waals surface area (Å²) in [5, 5.41) is 0.791. The highest BCUT2D eigenvalue weighted by atomic mass is 32.2. The van der Waals surface area contributed by atoms with Crippen LogP contribution in [0.5, 0.6) is 5.75 Å². The Morgan fingerprint density at radius 2 is 1.93 bits per heavy atom. The zero-order chi connectivity index (χ0) is 19.3. The van der Waals surface area contributed by atoms with Crippen LogP contribution in [0.25, 0.3) is 0 Å². The third-order valence-electron chi connectivity index (χ3n) is 5.46. The number of hydrogen-bond donors (Lipinski definition) is 0. The molecule has 0 bridgehead atoms. The minimum absolute atomic E-state index is 0.308. The summed E-state index contributed by atoms with van der Waals surface area (Å²) >= 11 is 1.97. The van der Waals surface area contributed by atoms with Gasteiger partial charge < -0.3 is 9.47 Å². The lowest BCUT2D eigenvalue weighted by atomic mass is 10.2. The fraction of sp³-hybridized carbons (Fsp3) is 0.684. The minimum atomic E-state index is -3.44. The van der Waals surface area contributed by atoms with Crippen molar-refractivity contribution >= 4 is 21.8 Å². The summed E-state index contributed by atoms with van der Waals surface area (Å²) in [5.74, 6) is 0.706. The molecule has 0 N–H and O–H groups in total. The molecular weight excluding hydrogens is 384 g/mol. The van der Waals surface area contributed by atoms with Gasteiger partial charge in [-0.15, -0.1) is 0 Å². The Bertz CT molecular complexity index is 690. The lowest BCUT2D eigenvalue weighted by Crippen LogP contribution is -2.40. The first kappa shape index (κ1) is 20.9. The van der Waals surface area contributed by atoms with E-state index in [1.165, 1.54) is 23.6 Å². The van der Waals surface area contributed by atoms with Crippen molar-refractivity contribution < 1.29 is 17.9 Å². The highest BCUT2D eigenvalue weighted by Crippen LogP contribution is 2.30. The Balaban J connectivity index is 1.48. The fourth-order valence-corrected chi connectivity index (χ4v) is 5.86. The minimum Gasteiger partial charge on any atom is -0.492 e. The van der Waals surface area contributed by atoms with Crippen molar-refractivity contribution in [1.82, 2.24) is 9.21 Å². The van der Waals surface area contributed by atoms with Gasteiger partial charge in [0.2, 0.25) is 10.0 Å². The zero-order valence-electron chi connectivity index (χ0n) is 16.2. The van der Waals surface area contributed by atoms with Gasteiger partial charge in [-0.2, -0.15) is 16.1 Å². The van der Waals surface area contributed by atoms with Gasteiger partial charge >= 0.3 is 0 Å². The van der Waals surface area contributed by atoms with Crippen molar-refractivity contribution in [2.24, 2.45) is 0 Å². The predicted octanol–water partition coefficient (Wildman–Crippen LogP) is 2.30. The van der Waals surface area contributed by atoms with Crippen LogP contribution in [0.2, 0.25) is 0 Å². The molecule has 0 radical (unpaired) electrons. The molecule has 1 saturated heterocycles. The number of benzene rings is 1. The maximum atomic E-state index is 12.6. The molecule has 152 valence electrons. The van der Waals surface area contributed by atoms with Gasteiger partial charge in [-0.05, 0) is 56.8 Å². The van der Waals surface area contributed by atoms with Gasteiger partial charge in [-0.1, -0.05) is 0 Å². The summed E-state index contributed by atoms with van der Waals surface area (Å²) in [4.78, 5) is 2.69. The first-order valence-electron chi connectivity index (χ1n) is 9.54. The molecule has 0 aromatic heterocycles. The molecule has 1 aromatic carbocycles. The molecule has 1 heterocycles. The number of nitrogens with zero attached hydrogens (tertiary/aromatic N) is 2. The third-order valence-corrected chi connectivity index (χ3v) is 8.47. The molecule has 2 aliphatic rings. The molecule has 0 unspecified atom stereocenters. The van der Waals surface area contributed by atoms with Crippen LogP contribution in [-0.4, -0.2) is 81.7 Å². The van der Waals surface area contributed by atoms with E-state index in [-0.39, 0.29) is 0 Å². The Hall–Kier alpha value is -0.800. The molecule has 1 aliphatic carbocycles. The maximum absolute atomic E-state index is 12.6. The molecular formula is C19H30N2O4S2. The quantitative estimate of drug-likeness (QED) is 0.651. The van der Waals surface area contributed by atoms with Crippen LogP contribution in [0, 0.1) is 0 Å². The van der Waals surface area contributed by atoms with E-state index >= 15 is 0 Å². The third kappa shape index (κ3) is 5.38. The Morgan fingerprint density at radius 3 is 2.56 bits per heavy atom. The summed E-state index contributed by atoms with van der Waals surface area (Å²) in [5.41, 5.74) is 0. The molecule has 6 nitrogen and oxygen atoms in total. The van der Waals surface area contributed by atoms with E-state index in [0.717, 1.165) is 11.8 Å². The monoisotopic (exact) mass is 414 g/mol. The first-order valence-corrected chi connectivity index (χ1v) is 12.3. The molecule has 8 heteroatoms. The van der Waals surface area contributed by atoms with Crippen molar-refractivity contribution in [3.8, 4) is 5.75 Å². The van der Waals surface area contributed by atoms with Crippen molar-refractivity contribution in [2.45, 2.75) is 35.4 Å². The number of hydrogen-bond acceptors (Lipinski definition) is 6. The fourth-order valence-electron chi connectivity index (χ4n) is 3.67. The topological polar surface area (TPSA) is 59.1 Å². The second-order valence-corrected chi connectivity index (χ2v) is 10.2. The second kappa shape index (κ2) is 9.60. The summed E-state index contributed by atoms with van der Waals surface area (Å²) < 4.78 is 37.8. The Labute approximate surface area is 167 Å². The summed E-state index contributed by atoms with van der Waals surface area (Å²) in [6.07, 6.45) is 6.01. The van der Waals surface area contributed by atoms with E-state index in [1.54, 1.807) is 24.3 Å². The molecule has 0 spiro atoms. The number of thioether (sulfide) groups is 1. The molecule has 3 rings (SSSR count). The molecule has 2 atom stereocenters. The van der Waals surface area contributed by atoms with Gasteiger partial charge in [0.25, 0.3) is 0 Å². The maximum Gasteiger partial charge on any atom is 0.243 e.